The Labute approximate surface area is 162 Å². The average molecular weight is 393 g/mol. The number of carboxylic acid groups (broad SMARTS) is 1. The Morgan fingerprint density at radius 3 is 2.48 bits per heavy atom. The van der Waals surface area contributed by atoms with E-state index in [1.807, 2.05) is 13.8 Å². The topological polar surface area (TPSA) is 102 Å². The number of nitrogens with zero attached hydrogens (tertiary/aromatic N) is 1. The van der Waals surface area contributed by atoms with Gasteiger partial charge in [-0.2, -0.15) is 0 Å². The Bertz CT molecular complexity index is 808. The lowest BCUT2D eigenvalue weighted by molar-refractivity contribution is -0.385. The fraction of sp³-hybridized carbons (Fsp3) is 0.316. The van der Waals surface area contributed by atoms with Gasteiger partial charge in [-0.1, -0.05) is 37.6 Å². The normalized spacial score (nSPS) is 12.0. The third-order valence-corrected chi connectivity index (χ3v) is 4.06. The first-order valence-corrected chi connectivity index (χ1v) is 8.81. The predicted octanol–water partition coefficient (Wildman–Crippen LogP) is 4.63. The summed E-state index contributed by atoms with van der Waals surface area (Å²) in [4.78, 5) is 21.8. The van der Waals surface area contributed by atoms with E-state index in [1.165, 1.54) is 18.2 Å². The van der Waals surface area contributed by atoms with Gasteiger partial charge in [0, 0.05) is 17.6 Å². The van der Waals surface area contributed by atoms with Crippen LogP contribution in [0.5, 0.6) is 11.5 Å². The van der Waals surface area contributed by atoms with Crippen molar-refractivity contribution in [2.45, 2.75) is 32.9 Å². The van der Waals surface area contributed by atoms with Crippen LogP contribution in [-0.4, -0.2) is 22.0 Å². The van der Waals surface area contributed by atoms with Gasteiger partial charge in [0.1, 0.15) is 11.8 Å². The number of carboxylic acids is 1. The predicted molar refractivity (Wildman–Crippen MR) is 102 cm³/mol. The maximum absolute atomic E-state index is 11.3. The van der Waals surface area contributed by atoms with Gasteiger partial charge in [-0.25, -0.2) is 0 Å². The molecule has 0 amide bonds. The molecule has 0 saturated heterocycles. The zero-order chi connectivity index (χ0) is 20.0. The summed E-state index contributed by atoms with van der Waals surface area (Å²) in [6.07, 6.45) is 0.538. The van der Waals surface area contributed by atoms with Crippen LogP contribution in [0.1, 0.15) is 25.8 Å². The number of hydrogen-bond donors (Lipinski definition) is 2. The fourth-order valence-electron chi connectivity index (χ4n) is 2.51. The summed E-state index contributed by atoms with van der Waals surface area (Å²) in [5.41, 5.74) is 0.661. The van der Waals surface area contributed by atoms with Crippen molar-refractivity contribution < 1.29 is 19.6 Å². The molecule has 0 aliphatic heterocycles. The molecular weight excluding hydrogens is 372 g/mol. The number of nitro groups is 1. The van der Waals surface area contributed by atoms with Gasteiger partial charge in [0.2, 0.25) is 5.75 Å². The van der Waals surface area contributed by atoms with E-state index in [-0.39, 0.29) is 22.4 Å². The molecule has 2 N–H and O–H groups in total. The number of nitro benzene ring substituents is 1. The molecule has 7 nitrogen and oxygen atoms in total. The van der Waals surface area contributed by atoms with Gasteiger partial charge in [-0.05, 0) is 42.2 Å². The van der Waals surface area contributed by atoms with E-state index in [0.29, 0.717) is 18.7 Å². The summed E-state index contributed by atoms with van der Waals surface area (Å²) in [7, 11) is 0. The van der Waals surface area contributed by atoms with Crippen molar-refractivity contribution in [1.82, 2.24) is 5.32 Å². The molecule has 8 heteroatoms. The third kappa shape index (κ3) is 6.23. The monoisotopic (exact) mass is 392 g/mol. The molecule has 144 valence electrons. The maximum atomic E-state index is 11.3. The highest BCUT2D eigenvalue weighted by atomic mass is 35.5. The zero-order valence-corrected chi connectivity index (χ0v) is 15.8. The number of ether oxygens (including phenoxy) is 1. The number of nitrogens with one attached hydrogen (secondary N) is 1. The number of aliphatic carboxylic acids is 1. The molecule has 0 aromatic heterocycles. The van der Waals surface area contributed by atoms with Gasteiger partial charge < -0.3 is 15.2 Å². The summed E-state index contributed by atoms with van der Waals surface area (Å²) >= 11 is 5.79. The molecule has 0 aliphatic carbocycles. The van der Waals surface area contributed by atoms with Crippen LogP contribution in [0.2, 0.25) is 5.02 Å². The molecule has 1 atom stereocenters. The van der Waals surface area contributed by atoms with Crippen molar-refractivity contribution in [2.24, 2.45) is 5.92 Å². The first kappa shape index (κ1) is 20.7. The van der Waals surface area contributed by atoms with Crippen LogP contribution in [0.15, 0.2) is 42.5 Å². The van der Waals surface area contributed by atoms with Crippen LogP contribution >= 0.6 is 11.6 Å². The van der Waals surface area contributed by atoms with Crippen molar-refractivity contribution >= 4 is 23.3 Å². The van der Waals surface area contributed by atoms with Crippen molar-refractivity contribution in [2.75, 3.05) is 0 Å². The van der Waals surface area contributed by atoms with Gasteiger partial charge in [-0.15, -0.1) is 0 Å². The summed E-state index contributed by atoms with van der Waals surface area (Å²) < 4.78 is 5.58. The first-order chi connectivity index (χ1) is 12.8. The van der Waals surface area contributed by atoms with E-state index in [4.69, 9.17) is 16.3 Å². The first-order valence-electron chi connectivity index (χ1n) is 8.43. The minimum Gasteiger partial charge on any atom is -0.480 e. The largest absolute Gasteiger partial charge is 0.480 e. The lowest BCUT2D eigenvalue weighted by atomic mass is 10.0. The molecule has 2 rings (SSSR count). The molecule has 27 heavy (non-hydrogen) atoms. The van der Waals surface area contributed by atoms with Crippen LogP contribution in [0, 0.1) is 16.0 Å². The van der Waals surface area contributed by atoms with Crippen molar-refractivity contribution in [1.29, 1.82) is 0 Å². The van der Waals surface area contributed by atoms with E-state index in [9.17, 15) is 20.0 Å². The lowest BCUT2D eigenvalue weighted by Crippen LogP contribution is -2.37. The van der Waals surface area contributed by atoms with Crippen molar-refractivity contribution in [3.8, 4) is 11.5 Å². The SMILES string of the molecule is CC(C)C[C@H](NCc1ccc(Oc2ccc(Cl)cc2[N+](=O)[O-])cc1)C(=O)O. The summed E-state index contributed by atoms with van der Waals surface area (Å²) in [6, 6.07) is 10.5. The number of halogens is 1. The Morgan fingerprint density at radius 1 is 1.26 bits per heavy atom. The van der Waals surface area contributed by atoms with Gasteiger partial charge in [0.15, 0.2) is 0 Å². The molecule has 2 aromatic rings. The van der Waals surface area contributed by atoms with Gasteiger partial charge >= 0.3 is 11.7 Å². The number of carbonyl (C=O) groups is 1. The minimum atomic E-state index is -0.876. The Morgan fingerprint density at radius 2 is 1.93 bits per heavy atom. The van der Waals surface area contributed by atoms with E-state index >= 15 is 0 Å². The smallest absolute Gasteiger partial charge is 0.320 e. The van der Waals surface area contributed by atoms with Crippen LogP contribution in [0.25, 0.3) is 0 Å². The summed E-state index contributed by atoms with van der Waals surface area (Å²) in [5.74, 6) is -0.0810. The Kier molecular flexibility index (Phi) is 7.15. The van der Waals surface area contributed by atoms with Crippen molar-refractivity contribution in [3.63, 3.8) is 0 Å². The molecule has 0 spiro atoms. The average Bonchev–Trinajstić information content (AvgIpc) is 2.60. The molecule has 0 heterocycles. The van der Waals surface area contributed by atoms with E-state index in [0.717, 1.165) is 5.56 Å². The van der Waals surface area contributed by atoms with E-state index in [2.05, 4.69) is 5.32 Å². The van der Waals surface area contributed by atoms with E-state index in [1.54, 1.807) is 24.3 Å². The third-order valence-electron chi connectivity index (χ3n) is 3.83. The summed E-state index contributed by atoms with van der Waals surface area (Å²) in [6.45, 7) is 4.34. The fourth-order valence-corrected chi connectivity index (χ4v) is 2.67. The maximum Gasteiger partial charge on any atom is 0.320 e. The summed E-state index contributed by atoms with van der Waals surface area (Å²) in [5, 5.41) is 23.6. The highest BCUT2D eigenvalue weighted by molar-refractivity contribution is 6.30. The second-order valence-electron chi connectivity index (χ2n) is 6.52. The molecule has 0 aliphatic rings. The van der Waals surface area contributed by atoms with Gasteiger partial charge in [0.25, 0.3) is 0 Å². The molecular formula is C19H21ClN2O5. The minimum absolute atomic E-state index is 0.0955. The molecule has 2 aromatic carbocycles. The second kappa shape index (κ2) is 9.34. The highest BCUT2D eigenvalue weighted by Crippen LogP contribution is 2.33. The second-order valence-corrected chi connectivity index (χ2v) is 6.95. The number of hydrogen-bond acceptors (Lipinski definition) is 5. The molecule has 0 radical (unpaired) electrons. The van der Waals surface area contributed by atoms with Gasteiger partial charge in [-0.3, -0.25) is 14.9 Å². The van der Waals surface area contributed by atoms with E-state index < -0.39 is 16.9 Å². The Hall–Kier alpha value is -2.64. The number of rotatable bonds is 9. The quantitative estimate of drug-likeness (QED) is 0.476. The standard InChI is InChI=1S/C19H21ClN2O5/c1-12(2)9-16(19(23)24)21-11-13-3-6-15(7-4-13)27-18-8-5-14(20)10-17(18)22(25)26/h3-8,10,12,16,21H,9,11H2,1-2H3,(H,23,24)/t16-/m0/s1. The van der Waals surface area contributed by atoms with Crippen LogP contribution in [-0.2, 0) is 11.3 Å². The Balaban J connectivity index is 2.03. The molecule has 0 fully saturated rings. The van der Waals surface area contributed by atoms with Crippen LogP contribution in [0.4, 0.5) is 5.69 Å². The molecule has 0 saturated carbocycles. The van der Waals surface area contributed by atoms with Crippen molar-refractivity contribution in [3.05, 3.63) is 63.2 Å². The van der Waals surface area contributed by atoms with Crippen LogP contribution < -0.4 is 10.1 Å². The highest BCUT2D eigenvalue weighted by Gasteiger charge is 2.18. The molecule has 0 bridgehead atoms. The lowest BCUT2D eigenvalue weighted by Gasteiger charge is -2.16. The number of benzene rings is 2. The molecule has 0 unspecified atom stereocenters. The van der Waals surface area contributed by atoms with Crippen LogP contribution in [0.3, 0.4) is 0 Å². The zero-order valence-electron chi connectivity index (χ0n) is 15.0. The van der Waals surface area contributed by atoms with Gasteiger partial charge in [0.05, 0.1) is 4.92 Å².